The zero-order chi connectivity index (χ0) is 13.4. The fourth-order valence-corrected chi connectivity index (χ4v) is 1.37. The number of nitrogens with zero attached hydrogens (tertiary/aromatic N) is 1. The molecule has 0 saturated carbocycles. The first kappa shape index (κ1) is 14.4. The van der Waals surface area contributed by atoms with Crippen LogP contribution in [0.5, 0.6) is 5.75 Å². The van der Waals surface area contributed by atoms with Crippen molar-refractivity contribution in [2.45, 2.75) is 26.7 Å². The number of carboxylic acids is 1. The number of pyridine rings is 1. The molecule has 0 radical (unpaired) electrons. The summed E-state index contributed by atoms with van der Waals surface area (Å²) in [5.41, 5.74) is 0.802. The van der Waals surface area contributed by atoms with E-state index in [-0.39, 0.29) is 5.56 Å². The van der Waals surface area contributed by atoms with E-state index in [4.69, 9.17) is 14.6 Å². The number of aromatic nitrogens is 1. The monoisotopic (exact) mass is 253 g/mol. The van der Waals surface area contributed by atoms with Crippen molar-refractivity contribution in [2.75, 3.05) is 19.8 Å². The van der Waals surface area contributed by atoms with Crippen LogP contribution in [0.15, 0.2) is 12.3 Å². The molecular formula is C13H19NO4. The van der Waals surface area contributed by atoms with E-state index in [0.29, 0.717) is 25.6 Å². The normalized spacial score (nSPS) is 10.3. The summed E-state index contributed by atoms with van der Waals surface area (Å²) >= 11 is 0. The number of carbonyl (C=O) groups is 1. The average Bonchev–Trinajstić information content (AvgIpc) is 2.33. The minimum Gasteiger partial charge on any atom is -0.490 e. The van der Waals surface area contributed by atoms with Crippen molar-refractivity contribution in [1.29, 1.82) is 0 Å². The highest BCUT2D eigenvalue weighted by Gasteiger charge is 2.11. The van der Waals surface area contributed by atoms with Crippen molar-refractivity contribution in [3.8, 4) is 5.75 Å². The molecule has 5 nitrogen and oxygen atoms in total. The Hall–Kier alpha value is -1.62. The lowest BCUT2D eigenvalue weighted by atomic mass is 10.2. The van der Waals surface area contributed by atoms with Crippen molar-refractivity contribution in [3.05, 3.63) is 23.5 Å². The minimum absolute atomic E-state index is 0.0779. The molecule has 1 aromatic rings. The zero-order valence-corrected chi connectivity index (χ0v) is 10.8. The smallest absolute Gasteiger partial charge is 0.341 e. The molecule has 0 aliphatic heterocycles. The Balaban J connectivity index is 2.45. The van der Waals surface area contributed by atoms with Gasteiger partial charge in [-0.05, 0) is 13.3 Å². The fraction of sp³-hybridized carbons (Fsp3) is 0.538. The molecule has 0 aliphatic rings. The molecule has 0 amide bonds. The topological polar surface area (TPSA) is 68.7 Å². The number of aromatic carboxylic acids is 1. The third kappa shape index (κ3) is 4.71. The molecule has 0 spiro atoms. The van der Waals surface area contributed by atoms with Gasteiger partial charge in [0.05, 0.1) is 6.61 Å². The number of rotatable bonds is 8. The Morgan fingerprint density at radius 3 is 2.83 bits per heavy atom. The van der Waals surface area contributed by atoms with Crippen LogP contribution < -0.4 is 4.74 Å². The second-order valence-corrected chi connectivity index (χ2v) is 3.94. The van der Waals surface area contributed by atoms with Crippen LogP contribution in [0.1, 0.15) is 35.8 Å². The summed E-state index contributed by atoms with van der Waals surface area (Å²) in [4.78, 5) is 14.9. The molecule has 0 unspecified atom stereocenters. The quantitative estimate of drug-likeness (QED) is 0.720. The van der Waals surface area contributed by atoms with E-state index in [0.717, 1.165) is 18.5 Å². The lowest BCUT2D eigenvalue weighted by molar-refractivity contribution is 0.0684. The molecule has 100 valence electrons. The van der Waals surface area contributed by atoms with Gasteiger partial charge in [0, 0.05) is 24.6 Å². The molecule has 0 fully saturated rings. The molecule has 0 bridgehead atoms. The zero-order valence-electron chi connectivity index (χ0n) is 10.8. The molecule has 1 heterocycles. The molecular weight excluding hydrogens is 234 g/mol. The maximum Gasteiger partial charge on any atom is 0.341 e. The number of carboxylic acid groups (broad SMARTS) is 1. The summed E-state index contributed by atoms with van der Waals surface area (Å²) in [7, 11) is 0. The van der Waals surface area contributed by atoms with Crippen molar-refractivity contribution in [2.24, 2.45) is 0 Å². The molecule has 0 aliphatic carbocycles. The third-order valence-corrected chi connectivity index (χ3v) is 2.36. The van der Waals surface area contributed by atoms with Gasteiger partial charge in [-0.3, -0.25) is 4.98 Å². The predicted molar refractivity (Wildman–Crippen MR) is 67.2 cm³/mol. The van der Waals surface area contributed by atoms with Crippen LogP contribution in [0.4, 0.5) is 0 Å². The maximum absolute atomic E-state index is 11.0. The standard InChI is InChI=1S/C13H19NO4/c1-3-4-5-17-6-7-18-12-8-10(2)14-9-11(12)13(15)16/h8-9H,3-7H2,1-2H3,(H,15,16). The van der Waals surface area contributed by atoms with Gasteiger partial charge in [0.15, 0.2) is 0 Å². The van der Waals surface area contributed by atoms with Crippen molar-refractivity contribution >= 4 is 5.97 Å². The fourth-order valence-electron chi connectivity index (χ4n) is 1.37. The van der Waals surface area contributed by atoms with Gasteiger partial charge in [-0.1, -0.05) is 13.3 Å². The van der Waals surface area contributed by atoms with E-state index in [1.165, 1.54) is 6.20 Å². The summed E-state index contributed by atoms with van der Waals surface area (Å²) in [6.07, 6.45) is 3.42. The number of hydrogen-bond acceptors (Lipinski definition) is 4. The molecule has 18 heavy (non-hydrogen) atoms. The van der Waals surface area contributed by atoms with Crippen LogP contribution in [0.25, 0.3) is 0 Å². The van der Waals surface area contributed by atoms with E-state index in [9.17, 15) is 4.79 Å². The van der Waals surface area contributed by atoms with Gasteiger partial charge < -0.3 is 14.6 Å². The van der Waals surface area contributed by atoms with Crippen molar-refractivity contribution in [1.82, 2.24) is 4.98 Å². The van der Waals surface area contributed by atoms with E-state index in [2.05, 4.69) is 11.9 Å². The first-order valence-electron chi connectivity index (χ1n) is 6.05. The summed E-state index contributed by atoms with van der Waals surface area (Å²) in [6.45, 7) is 5.39. The van der Waals surface area contributed by atoms with E-state index in [1.54, 1.807) is 13.0 Å². The van der Waals surface area contributed by atoms with Crippen LogP contribution in [0.3, 0.4) is 0 Å². The van der Waals surface area contributed by atoms with E-state index >= 15 is 0 Å². The molecule has 1 aromatic heterocycles. The highest BCUT2D eigenvalue weighted by Crippen LogP contribution is 2.18. The number of ether oxygens (including phenoxy) is 2. The van der Waals surface area contributed by atoms with E-state index < -0.39 is 5.97 Å². The molecule has 0 saturated heterocycles. The molecule has 1 N–H and O–H groups in total. The van der Waals surface area contributed by atoms with Gasteiger partial charge in [-0.2, -0.15) is 0 Å². The van der Waals surface area contributed by atoms with E-state index in [1.807, 2.05) is 0 Å². The Bertz CT molecular complexity index is 393. The van der Waals surface area contributed by atoms with Crippen LogP contribution in [0.2, 0.25) is 0 Å². The van der Waals surface area contributed by atoms with Crippen molar-refractivity contribution < 1.29 is 19.4 Å². The highest BCUT2D eigenvalue weighted by atomic mass is 16.5. The van der Waals surface area contributed by atoms with Crippen LogP contribution in [-0.2, 0) is 4.74 Å². The van der Waals surface area contributed by atoms with Gasteiger partial charge >= 0.3 is 5.97 Å². The Labute approximate surface area is 107 Å². The lowest BCUT2D eigenvalue weighted by Gasteiger charge is -2.09. The number of aryl methyl sites for hydroxylation is 1. The first-order chi connectivity index (χ1) is 8.65. The molecule has 5 heteroatoms. The molecule has 0 atom stereocenters. The maximum atomic E-state index is 11.0. The minimum atomic E-state index is -1.04. The second-order valence-electron chi connectivity index (χ2n) is 3.94. The van der Waals surface area contributed by atoms with Gasteiger partial charge in [-0.15, -0.1) is 0 Å². The Morgan fingerprint density at radius 2 is 2.17 bits per heavy atom. The summed E-state index contributed by atoms with van der Waals surface area (Å²) in [5, 5.41) is 8.98. The molecule has 1 rings (SSSR count). The number of unbranched alkanes of at least 4 members (excludes halogenated alkanes) is 1. The third-order valence-electron chi connectivity index (χ3n) is 2.36. The lowest BCUT2D eigenvalue weighted by Crippen LogP contribution is -2.10. The Kier molecular flexibility index (Phi) is 6.14. The Morgan fingerprint density at radius 1 is 1.39 bits per heavy atom. The van der Waals surface area contributed by atoms with Crippen LogP contribution >= 0.6 is 0 Å². The first-order valence-corrected chi connectivity index (χ1v) is 6.05. The number of hydrogen-bond donors (Lipinski definition) is 1. The summed E-state index contributed by atoms with van der Waals surface area (Å²) in [6, 6.07) is 1.62. The van der Waals surface area contributed by atoms with Gasteiger partial charge in [0.1, 0.15) is 17.9 Å². The predicted octanol–water partition coefficient (Wildman–Crippen LogP) is 2.28. The second kappa shape index (κ2) is 7.66. The van der Waals surface area contributed by atoms with Gasteiger partial charge in [0.25, 0.3) is 0 Å². The molecule has 0 aromatic carbocycles. The van der Waals surface area contributed by atoms with Crippen molar-refractivity contribution in [3.63, 3.8) is 0 Å². The largest absolute Gasteiger partial charge is 0.490 e. The highest BCUT2D eigenvalue weighted by molar-refractivity contribution is 5.90. The SMILES string of the molecule is CCCCOCCOc1cc(C)ncc1C(=O)O. The van der Waals surface area contributed by atoms with Crippen LogP contribution in [0, 0.1) is 6.92 Å². The van der Waals surface area contributed by atoms with Gasteiger partial charge in [-0.25, -0.2) is 4.79 Å². The average molecular weight is 253 g/mol. The summed E-state index contributed by atoms with van der Waals surface area (Å²) < 4.78 is 10.8. The van der Waals surface area contributed by atoms with Gasteiger partial charge in [0.2, 0.25) is 0 Å². The summed E-state index contributed by atoms with van der Waals surface area (Å²) in [5.74, 6) is -0.696. The van der Waals surface area contributed by atoms with Crippen LogP contribution in [-0.4, -0.2) is 35.9 Å².